The van der Waals surface area contributed by atoms with Crippen LogP contribution in [0.3, 0.4) is 0 Å². The number of aromatic carboxylic acids is 1. The summed E-state index contributed by atoms with van der Waals surface area (Å²) in [5.41, 5.74) is 0.601. The second-order valence-electron chi connectivity index (χ2n) is 34.7. The minimum absolute atomic E-state index is 0. The molecule has 32 heteroatoms. The first-order chi connectivity index (χ1) is 60.8. The van der Waals surface area contributed by atoms with E-state index in [1.54, 1.807) is 64.3 Å². The topological polar surface area (TPSA) is 506 Å². The third kappa shape index (κ3) is 30.6. The summed E-state index contributed by atoms with van der Waals surface area (Å²) in [6.07, 6.45) is 4.08. The van der Waals surface area contributed by atoms with Gasteiger partial charge < -0.3 is 109 Å². The van der Waals surface area contributed by atoms with E-state index in [0.717, 1.165) is 18.2 Å². The zero-order valence-electron chi connectivity index (χ0n) is 74.1. The molecule has 0 aromatic heterocycles. The van der Waals surface area contributed by atoms with Crippen LogP contribution in [0, 0.1) is 0 Å². The summed E-state index contributed by atoms with van der Waals surface area (Å²) in [5, 5.41) is 111. The molecule has 139 heavy (non-hydrogen) atoms. The Morgan fingerprint density at radius 3 is 1.14 bits per heavy atom. The first-order valence-electron chi connectivity index (χ1n) is 41.4. The molecule has 9 aliphatic heterocycles. The van der Waals surface area contributed by atoms with Crippen LogP contribution in [0.2, 0.25) is 0 Å². The number of phenols is 11. The Morgan fingerprint density at radius 1 is 0.331 bits per heavy atom. The molecule has 32 nitrogen and oxygen atoms in total. The van der Waals surface area contributed by atoms with Crippen LogP contribution < -0.4 is 47.4 Å². The smallest absolute Gasteiger partial charge is 0.335 e. The molecule has 0 saturated heterocycles. The van der Waals surface area contributed by atoms with Crippen LogP contribution in [0.5, 0.6) is 121 Å². The third-order valence-electron chi connectivity index (χ3n) is 21.2. The summed E-state index contributed by atoms with van der Waals surface area (Å²) >= 11 is 0. The number of hydrogen-bond acceptors (Lipinski definition) is 31. The van der Waals surface area contributed by atoms with Crippen LogP contribution in [-0.2, 0) is 0 Å². The number of Topliss-reactive ketones (excluding diaryl/α,β-unsaturated/α-hetero) is 9. The molecule has 0 amide bonds. The van der Waals surface area contributed by atoms with Crippen LogP contribution in [0.1, 0.15) is 331 Å². The number of fused-ring (bicyclic) bond motifs is 9. The Balaban J connectivity index is 0.000000777. The molecule has 9 aliphatic rings. The van der Waals surface area contributed by atoms with E-state index >= 15 is 0 Å². The molecule has 0 radical (unpaired) electrons. The van der Waals surface area contributed by atoms with Crippen LogP contribution in [-0.4, -0.2) is 179 Å². The quantitative estimate of drug-likeness (QED) is 0.0728. The van der Waals surface area contributed by atoms with Gasteiger partial charge in [0.2, 0.25) is 5.75 Å². The number of benzene rings is 9. The van der Waals surface area contributed by atoms with E-state index in [9.17, 15) is 93.9 Å². The minimum Gasteiger partial charge on any atom is -0.508 e. The number of aromatic hydroxyl groups is 11. The number of ether oxygens (including phenoxy) is 10. The average molecular weight is 1940 g/mol. The number of carbonyl (C=O) groups is 10. The standard InChI is InChI=1S/C13H16O4.C12H12O4.C12H14O3.C11H12O4.2C11H12O3.C10H10O4.C9H8O4.C9H8O3.9CH4/c1-3-13(4-2)7-10(16)12-9(15)5-8(14)6-11(12)17-13;1-12(2)6-9(13)8-5-7(11(14)15)3-4-10(8)16-12;1-12(2)7-10(13)9-5-4-8(14-3)6-11(9)15-12;1-11(2)5-8(14)10-7(13)3-6(12)4-9(10)15-11;1-11(2)6-9(13)8-5-7(12)3-4-10(8)14-11;1-11(2)6-9(13)8-4-3-7(12)5-10(8)14-11;1-5-4-8(12)6-2-3-7(11)9(13)10(6)14-5;10-5-3-7(12)9-6(11)1-2-13-8(9)4-5;10-6-1-2-7-8(11)3-4-12-9(7)5-6;;;;;;;;;/h5-6,14-15H,3-4,7H2,1-2H3;3-5H,6H2,1-2H3,(H,14,15);4-6H,7H2,1-3H3;3-4,12-13H,5H2,1-2H3;2*3-5,12H,6H2,1-2H3;2-3,5,11,13H,4H2,1H3;3-4,10,12H,1-2H2;1-2,5,10H,3-4H2;9*1H4. The van der Waals surface area contributed by atoms with E-state index in [1.807, 2.05) is 69.2 Å². The fraction of sp³-hybridized carbons (Fsp3) is 0.402. The largest absolute Gasteiger partial charge is 0.508 e. The average Bonchev–Trinajstić information content (AvgIpc) is 0.754. The van der Waals surface area contributed by atoms with Gasteiger partial charge in [-0.3, -0.25) is 43.2 Å². The molecule has 18 rings (SSSR count). The van der Waals surface area contributed by atoms with Gasteiger partial charge in [-0.2, -0.15) is 0 Å². The normalized spacial score (nSPS) is 16.5. The molecule has 9 aromatic carbocycles. The highest BCUT2D eigenvalue weighted by Gasteiger charge is 2.42. The van der Waals surface area contributed by atoms with Crippen molar-refractivity contribution in [3.05, 3.63) is 195 Å². The molecule has 1 unspecified atom stereocenters. The van der Waals surface area contributed by atoms with Gasteiger partial charge >= 0.3 is 5.97 Å². The van der Waals surface area contributed by atoms with Gasteiger partial charge in [0.1, 0.15) is 160 Å². The lowest BCUT2D eigenvalue weighted by atomic mass is 9.85. The molecule has 9 aromatic rings. The predicted octanol–water partition coefficient (Wildman–Crippen LogP) is 22.9. The van der Waals surface area contributed by atoms with Crippen LogP contribution in [0.25, 0.3) is 0 Å². The fourth-order valence-electron chi connectivity index (χ4n) is 14.9. The maximum Gasteiger partial charge on any atom is 0.335 e. The maximum atomic E-state index is 12.0. The number of rotatable bonds is 4. The van der Waals surface area contributed by atoms with Gasteiger partial charge in [0.25, 0.3) is 0 Å². The number of hydrogen-bond donors (Lipinski definition) is 12. The molecule has 1 atom stereocenters. The number of carbonyl (C=O) groups excluding carboxylic acids is 9. The molecule has 0 fully saturated rings. The molecular weight excluding hydrogens is 1800 g/mol. The Morgan fingerprint density at radius 2 is 0.676 bits per heavy atom. The van der Waals surface area contributed by atoms with Gasteiger partial charge in [-0.15, -0.1) is 0 Å². The van der Waals surface area contributed by atoms with E-state index in [4.69, 9.17) is 62.7 Å². The summed E-state index contributed by atoms with van der Waals surface area (Å²) in [7, 11) is 1.59. The lowest BCUT2D eigenvalue weighted by Gasteiger charge is -2.36. The van der Waals surface area contributed by atoms with Gasteiger partial charge in [-0.05, 0) is 174 Å². The Bertz CT molecular complexity index is 5920. The summed E-state index contributed by atoms with van der Waals surface area (Å²) in [6.45, 7) is 24.9. The Labute approximate surface area is 814 Å². The Hall–Kier alpha value is -14.7. The molecular formula is C107H140O32. The zero-order chi connectivity index (χ0) is 95.8. The second-order valence-corrected chi connectivity index (χ2v) is 34.7. The fourth-order valence-corrected chi connectivity index (χ4v) is 14.9. The van der Waals surface area contributed by atoms with E-state index < -0.39 is 39.6 Å². The number of phenolic OH excluding ortho intramolecular Hbond substituents is 11. The van der Waals surface area contributed by atoms with Crippen molar-refractivity contribution >= 4 is 58.0 Å². The molecule has 0 saturated carbocycles. The summed E-state index contributed by atoms with van der Waals surface area (Å²) in [4.78, 5) is 115. The Kier molecular flexibility index (Phi) is 43.4. The van der Waals surface area contributed by atoms with Crippen molar-refractivity contribution < 1.29 is 157 Å². The van der Waals surface area contributed by atoms with E-state index in [0.29, 0.717) is 126 Å². The molecule has 9 heterocycles. The number of carboxylic acid groups (broad SMARTS) is 1. The van der Waals surface area contributed by atoms with Crippen molar-refractivity contribution in [2.75, 3.05) is 20.3 Å². The van der Waals surface area contributed by atoms with Crippen LogP contribution >= 0.6 is 0 Å². The molecule has 12 N–H and O–H groups in total. The molecule has 0 bridgehead atoms. The second kappa shape index (κ2) is 49.3. The van der Waals surface area contributed by atoms with E-state index in [1.165, 1.54) is 84.9 Å². The predicted molar refractivity (Wildman–Crippen MR) is 529 cm³/mol. The highest BCUT2D eigenvalue weighted by atomic mass is 16.5. The lowest BCUT2D eigenvalue weighted by Crippen LogP contribution is -2.40. The minimum atomic E-state index is -1.04. The van der Waals surface area contributed by atoms with Gasteiger partial charge in [0, 0.05) is 73.9 Å². The summed E-state index contributed by atoms with van der Waals surface area (Å²) in [6, 6.07) is 33.6. The van der Waals surface area contributed by atoms with Gasteiger partial charge in [-0.1, -0.05) is 80.7 Å². The first-order valence-corrected chi connectivity index (χ1v) is 41.4. The lowest BCUT2D eigenvalue weighted by molar-refractivity contribution is 0.0341. The molecule has 0 spiro atoms. The first kappa shape index (κ1) is 122. The van der Waals surface area contributed by atoms with Crippen molar-refractivity contribution in [2.45, 2.75) is 267 Å². The van der Waals surface area contributed by atoms with Crippen LogP contribution in [0.4, 0.5) is 0 Å². The summed E-state index contributed by atoms with van der Waals surface area (Å²) < 4.78 is 54.5. The molecule has 760 valence electrons. The summed E-state index contributed by atoms with van der Waals surface area (Å²) in [5.74, 6) is 1.57. The van der Waals surface area contributed by atoms with E-state index in [2.05, 4.69) is 0 Å². The highest BCUT2D eigenvalue weighted by Crippen LogP contribution is 2.47. The molecule has 0 aliphatic carbocycles. The third-order valence-corrected chi connectivity index (χ3v) is 21.2. The van der Waals surface area contributed by atoms with E-state index in [-0.39, 0.29) is 259 Å². The van der Waals surface area contributed by atoms with Gasteiger partial charge in [-0.25, -0.2) is 4.79 Å². The van der Waals surface area contributed by atoms with Crippen molar-refractivity contribution in [2.24, 2.45) is 0 Å². The van der Waals surface area contributed by atoms with Crippen molar-refractivity contribution in [3.63, 3.8) is 0 Å². The zero-order valence-corrected chi connectivity index (χ0v) is 74.1. The van der Waals surface area contributed by atoms with Gasteiger partial charge in [0.15, 0.2) is 63.5 Å². The number of methoxy groups -OCH3 is 1. The highest BCUT2D eigenvalue weighted by molar-refractivity contribution is 6.07. The van der Waals surface area contributed by atoms with Crippen molar-refractivity contribution in [1.29, 1.82) is 0 Å². The maximum absolute atomic E-state index is 12.0. The van der Waals surface area contributed by atoms with Crippen molar-refractivity contribution in [3.8, 4) is 121 Å². The number of ketones is 9. The van der Waals surface area contributed by atoms with Crippen molar-refractivity contribution in [1.82, 2.24) is 0 Å². The monoisotopic (exact) mass is 1940 g/mol. The van der Waals surface area contributed by atoms with Crippen LogP contribution in [0.15, 0.2) is 140 Å². The SMILES string of the molecule is C.C.C.C.C.C.C.C.C.CC1(C)CC(=O)c2c(O)cc(O)cc2O1.CC1(C)CC(=O)c2cc(C(=O)O)ccc2O1.CC1(C)CC(=O)c2cc(O)ccc2O1.CC1(C)CC(=O)c2ccc(O)cc2O1.CC1CC(=O)c2ccc(O)c(O)c2O1.CCC1(CC)CC(=O)c2c(O)cc(O)cc2O1.COc1ccc2c(c1)OC(C)(C)CC2=O.O=C1CCOc2cc(O)cc(O)c21.O=C1CCOc2cc(O)ccc21. The van der Waals surface area contributed by atoms with Gasteiger partial charge in [0.05, 0.1) is 97.8 Å². The number of carboxylic acids is 1.